The first-order chi connectivity index (χ1) is 10.4. The third kappa shape index (κ3) is 4.91. The van der Waals surface area contributed by atoms with Crippen LogP contribution in [-0.4, -0.2) is 44.8 Å². The molecule has 130 valence electrons. The summed E-state index contributed by atoms with van der Waals surface area (Å²) in [5.41, 5.74) is 0.607. The summed E-state index contributed by atoms with van der Waals surface area (Å²) in [5, 5.41) is 5.94. The molecule has 1 amide bonds. The van der Waals surface area contributed by atoms with Crippen molar-refractivity contribution in [2.45, 2.75) is 37.1 Å². The van der Waals surface area contributed by atoms with Gasteiger partial charge in [-0.05, 0) is 50.2 Å². The molecule has 1 aliphatic heterocycles. The van der Waals surface area contributed by atoms with Crippen LogP contribution < -0.4 is 10.6 Å². The number of rotatable bonds is 5. The molecule has 1 aromatic carbocycles. The van der Waals surface area contributed by atoms with Crippen molar-refractivity contribution in [2.75, 3.05) is 25.5 Å². The van der Waals surface area contributed by atoms with Gasteiger partial charge >= 0.3 is 0 Å². The van der Waals surface area contributed by atoms with Crippen molar-refractivity contribution in [1.29, 1.82) is 0 Å². The number of halogens is 1. The minimum absolute atomic E-state index is 0. The number of sulfonamides is 1. The van der Waals surface area contributed by atoms with Crippen molar-refractivity contribution >= 4 is 34.0 Å². The monoisotopic (exact) mass is 361 g/mol. The van der Waals surface area contributed by atoms with Gasteiger partial charge in [0.05, 0.1) is 4.90 Å². The summed E-state index contributed by atoms with van der Waals surface area (Å²) in [7, 11) is -1.86. The lowest BCUT2D eigenvalue weighted by molar-refractivity contribution is -0.115. The van der Waals surface area contributed by atoms with E-state index in [9.17, 15) is 13.2 Å². The van der Waals surface area contributed by atoms with Crippen LogP contribution in [0, 0.1) is 0 Å². The number of carbonyl (C=O) groups excluding carboxylic acids is 1. The molecule has 8 heteroatoms. The number of anilines is 1. The van der Waals surface area contributed by atoms with Crippen molar-refractivity contribution in [3.8, 4) is 0 Å². The van der Waals surface area contributed by atoms with Crippen LogP contribution in [0.2, 0.25) is 0 Å². The van der Waals surface area contributed by atoms with Gasteiger partial charge in [-0.1, -0.05) is 6.92 Å². The maximum Gasteiger partial charge on any atom is 0.243 e. The standard InChI is InChI=1S/C15H23N3O3S.ClH/c1-3-15(19)17-12-4-6-14(7-5-12)22(20,21)18(2)13-8-10-16-11-9-13;/h4-7,13,16H,3,8-11H2,1-2H3,(H,17,19);1H. The minimum atomic E-state index is -3.50. The Kier molecular flexibility index (Phi) is 7.47. The molecule has 0 atom stereocenters. The molecule has 2 rings (SSSR count). The lowest BCUT2D eigenvalue weighted by Gasteiger charge is -2.30. The van der Waals surface area contributed by atoms with Gasteiger partial charge in [0.1, 0.15) is 0 Å². The van der Waals surface area contributed by atoms with Gasteiger partial charge in [-0.2, -0.15) is 4.31 Å². The molecule has 0 spiro atoms. The second-order valence-corrected chi connectivity index (χ2v) is 7.43. The normalized spacial score (nSPS) is 16.0. The Labute approximate surface area is 144 Å². The molecule has 1 saturated heterocycles. The van der Waals surface area contributed by atoms with Gasteiger partial charge in [0.2, 0.25) is 15.9 Å². The zero-order chi connectivity index (χ0) is 16.2. The SMILES string of the molecule is CCC(=O)Nc1ccc(S(=O)(=O)N(C)C2CCNCC2)cc1.Cl. The van der Waals surface area contributed by atoms with Crippen LogP contribution >= 0.6 is 12.4 Å². The number of hydrogen-bond donors (Lipinski definition) is 2. The molecule has 1 aliphatic rings. The molecule has 1 fully saturated rings. The smallest absolute Gasteiger partial charge is 0.243 e. The third-order valence-electron chi connectivity index (χ3n) is 3.96. The summed E-state index contributed by atoms with van der Waals surface area (Å²) >= 11 is 0. The van der Waals surface area contributed by atoms with E-state index in [1.165, 1.54) is 16.4 Å². The number of carbonyl (C=O) groups is 1. The average molecular weight is 362 g/mol. The molecular formula is C15H24ClN3O3S. The Morgan fingerprint density at radius 1 is 1.26 bits per heavy atom. The van der Waals surface area contributed by atoms with Gasteiger partial charge in [-0.3, -0.25) is 4.79 Å². The molecule has 0 unspecified atom stereocenters. The molecule has 6 nitrogen and oxygen atoms in total. The number of piperidine rings is 1. The van der Waals surface area contributed by atoms with Gasteiger partial charge in [-0.15, -0.1) is 12.4 Å². The fraction of sp³-hybridized carbons (Fsp3) is 0.533. The Balaban J connectivity index is 0.00000264. The van der Waals surface area contributed by atoms with E-state index in [1.807, 2.05) is 0 Å². The van der Waals surface area contributed by atoms with E-state index in [-0.39, 0.29) is 29.3 Å². The van der Waals surface area contributed by atoms with Crippen LogP contribution in [0.4, 0.5) is 5.69 Å². The maximum atomic E-state index is 12.6. The molecule has 1 heterocycles. The summed E-state index contributed by atoms with van der Waals surface area (Å²) in [6.07, 6.45) is 2.03. The summed E-state index contributed by atoms with van der Waals surface area (Å²) in [6, 6.07) is 6.36. The second kappa shape index (κ2) is 8.63. The Hall–Kier alpha value is -1.15. The quantitative estimate of drug-likeness (QED) is 0.838. The number of nitrogens with zero attached hydrogens (tertiary/aromatic N) is 1. The van der Waals surface area contributed by atoms with Gasteiger partial charge in [0.15, 0.2) is 0 Å². The highest BCUT2D eigenvalue weighted by molar-refractivity contribution is 7.89. The zero-order valence-corrected chi connectivity index (χ0v) is 15.0. The van der Waals surface area contributed by atoms with E-state index in [0.717, 1.165) is 25.9 Å². The predicted octanol–water partition coefficient (Wildman–Crippen LogP) is 1.83. The largest absolute Gasteiger partial charge is 0.326 e. The number of amides is 1. The molecule has 1 aromatic rings. The lowest BCUT2D eigenvalue weighted by atomic mass is 10.1. The summed E-state index contributed by atoms with van der Waals surface area (Å²) < 4.78 is 26.7. The van der Waals surface area contributed by atoms with Crippen LogP contribution in [0.15, 0.2) is 29.2 Å². The van der Waals surface area contributed by atoms with E-state index >= 15 is 0 Å². The lowest BCUT2D eigenvalue weighted by Crippen LogP contribution is -2.43. The van der Waals surface area contributed by atoms with Crippen LogP contribution in [0.3, 0.4) is 0 Å². The van der Waals surface area contributed by atoms with Crippen molar-refractivity contribution < 1.29 is 13.2 Å². The highest BCUT2D eigenvalue weighted by Gasteiger charge is 2.28. The first-order valence-corrected chi connectivity index (χ1v) is 8.98. The number of benzene rings is 1. The van der Waals surface area contributed by atoms with Crippen molar-refractivity contribution in [2.24, 2.45) is 0 Å². The molecule has 0 aromatic heterocycles. The minimum Gasteiger partial charge on any atom is -0.326 e. The average Bonchev–Trinajstić information content (AvgIpc) is 2.55. The van der Waals surface area contributed by atoms with E-state index in [0.29, 0.717) is 12.1 Å². The van der Waals surface area contributed by atoms with E-state index in [2.05, 4.69) is 10.6 Å². The number of hydrogen-bond acceptors (Lipinski definition) is 4. The summed E-state index contributed by atoms with van der Waals surface area (Å²) in [4.78, 5) is 11.6. The number of nitrogens with one attached hydrogen (secondary N) is 2. The Morgan fingerprint density at radius 3 is 2.35 bits per heavy atom. The molecule has 0 saturated carbocycles. The fourth-order valence-electron chi connectivity index (χ4n) is 2.49. The first-order valence-electron chi connectivity index (χ1n) is 7.54. The van der Waals surface area contributed by atoms with Gasteiger partial charge in [0, 0.05) is 25.2 Å². The highest BCUT2D eigenvalue weighted by atomic mass is 35.5. The van der Waals surface area contributed by atoms with Gasteiger partial charge in [0.25, 0.3) is 0 Å². The molecule has 0 aliphatic carbocycles. The van der Waals surface area contributed by atoms with Crippen LogP contribution in [-0.2, 0) is 14.8 Å². The summed E-state index contributed by atoms with van der Waals surface area (Å²) in [5.74, 6) is -0.0950. The predicted molar refractivity (Wildman–Crippen MR) is 93.5 cm³/mol. The second-order valence-electron chi connectivity index (χ2n) is 5.43. The molecule has 0 radical (unpaired) electrons. The Morgan fingerprint density at radius 2 is 1.83 bits per heavy atom. The van der Waals surface area contributed by atoms with Crippen molar-refractivity contribution in [3.05, 3.63) is 24.3 Å². The third-order valence-corrected chi connectivity index (χ3v) is 5.88. The van der Waals surface area contributed by atoms with Crippen LogP contribution in [0.25, 0.3) is 0 Å². The maximum absolute atomic E-state index is 12.6. The molecule has 2 N–H and O–H groups in total. The molecule has 23 heavy (non-hydrogen) atoms. The highest BCUT2D eigenvalue weighted by Crippen LogP contribution is 2.22. The van der Waals surface area contributed by atoms with E-state index in [1.54, 1.807) is 26.1 Å². The Bertz CT molecular complexity index is 613. The van der Waals surface area contributed by atoms with E-state index < -0.39 is 10.0 Å². The van der Waals surface area contributed by atoms with Crippen molar-refractivity contribution in [3.63, 3.8) is 0 Å². The van der Waals surface area contributed by atoms with Crippen LogP contribution in [0.5, 0.6) is 0 Å². The van der Waals surface area contributed by atoms with E-state index in [4.69, 9.17) is 0 Å². The summed E-state index contributed by atoms with van der Waals surface area (Å²) in [6.45, 7) is 3.45. The fourth-order valence-corrected chi connectivity index (χ4v) is 3.91. The molecular weight excluding hydrogens is 338 g/mol. The topological polar surface area (TPSA) is 78.5 Å². The van der Waals surface area contributed by atoms with Crippen molar-refractivity contribution in [1.82, 2.24) is 9.62 Å². The van der Waals surface area contributed by atoms with Crippen LogP contribution in [0.1, 0.15) is 26.2 Å². The molecule has 0 bridgehead atoms. The van der Waals surface area contributed by atoms with Gasteiger partial charge < -0.3 is 10.6 Å². The first kappa shape index (κ1) is 19.9. The zero-order valence-electron chi connectivity index (χ0n) is 13.4. The van der Waals surface area contributed by atoms with Gasteiger partial charge in [-0.25, -0.2) is 8.42 Å².